The van der Waals surface area contributed by atoms with Crippen LogP contribution in [0.3, 0.4) is 0 Å². The quantitative estimate of drug-likeness (QED) is 0.692. The average Bonchev–Trinajstić information content (AvgIpc) is 2.96. The molecule has 0 spiro atoms. The Hall–Kier alpha value is -3.42. The van der Waals surface area contributed by atoms with Crippen molar-refractivity contribution < 1.29 is 23.1 Å². The van der Waals surface area contributed by atoms with Crippen LogP contribution in [-0.4, -0.2) is 22.8 Å². The molecule has 0 bridgehead atoms. The molecular formula is C19H18FN3O4. The number of benzene rings is 1. The van der Waals surface area contributed by atoms with Crippen LogP contribution in [0.2, 0.25) is 0 Å². The van der Waals surface area contributed by atoms with Crippen LogP contribution in [0.15, 0.2) is 40.9 Å². The molecule has 0 aliphatic carbocycles. The summed E-state index contributed by atoms with van der Waals surface area (Å²) in [6.07, 6.45) is 1.11. The van der Waals surface area contributed by atoms with E-state index in [1.807, 2.05) is 0 Å². The van der Waals surface area contributed by atoms with Crippen molar-refractivity contribution in [2.24, 2.45) is 5.73 Å². The van der Waals surface area contributed by atoms with Crippen LogP contribution < -0.4 is 15.8 Å². The van der Waals surface area contributed by atoms with E-state index < -0.39 is 23.7 Å². The van der Waals surface area contributed by atoms with Crippen molar-refractivity contribution in [2.45, 2.75) is 26.5 Å². The second-order valence-electron chi connectivity index (χ2n) is 6.05. The molecule has 0 saturated heterocycles. The number of nitrogens with one attached hydrogen (secondary N) is 1. The van der Waals surface area contributed by atoms with E-state index in [1.54, 1.807) is 25.1 Å². The number of fused-ring (bicyclic) bond motifs is 1. The van der Waals surface area contributed by atoms with E-state index in [2.05, 4.69) is 10.3 Å². The van der Waals surface area contributed by atoms with Gasteiger partial charge in [-0.2, -0.15) is 0 Å². The van der Waals surface area contributed by atoms with Gasteiger partial charge in [0.2, 0.25) is 5.91 Å². The fourth-order valence-corrected chi connectivity index (χ4v) is 2.56. The molecule has 27 heavy (non-hydrogen) atoms. The van der Waals surface area contributed by atoms with Crippen molar-refractivity contribution >= 4 is 22.8 Å². The number of carbonyl (C=O) groups is 2. The van der Waals surface area contributed by atoms with Crippen LogP contribution >= 0.6 is 0 Å². The van der Waals surface area contributed by atoms with Gasteiger partial charge in [0.25, 0.3) is 5.91 Å². The molecule has 7 nitrogen and oxygen atoms in total. The van der Waals surface area contributed by atoms with E-state index in [0.29, 0.717) is 33.7 Å². The first kappa shape index (κ1) is 18.4. The lowest BCUT2D eigenvalue weighted by molar-refractivity contribution is -0.119. The van der Waals surface area contributed by atoms with Gasteiger partial charge >= 0.3 is 0 Å². The number of carbonyl (C=O) groups excluding carboxylic acids is 2. The minimum absolute atomic E-state index is 0.142. The monoisotopic (exact) mass is 371 g/mol. The number of nitrogens with two attached hydrogens (primary N) is 1. The summed E-state index contributed by atoms with van der Waals surface area (Å²) in [6.45, 7) is 3.30. The van der Waals surface area contributed by atoms with Gasteiger partial charge in [0.1, 0.15) is 35.6 Å². The number of aryl methyl sites for hydroxylation is 1. The Morgan fingerprint density at radius 2 is 2.11 bits per heavy atom. The highest BCUT2D eigenvalue weighted by molar-refractivity contribution is 6.08. The van der Waals surface area contributed by atoms with E-state index in [0.717, 1.165) is 6.20 Å². The highest BCUT2D eigenvalue weighted by Crippen LogP contribution is 2.29. The zero-order chi connectivity index (χ0) is 19.6. The van der Waals surface area contributed by atoms with Gasteiger partial charge < -0.3 is 20.2 Å². The van der Waals surface area contributed by atoms with Gasteiger partial charge in [0.05, 0.1) is 17.5 Å². The van der Waals surface area contributed by atoms with Crippen LogP contribution in [0.1, 0.15) is 28.7 Å². The summed E-state index contributed by atoms with van der Waals surface area (Å²) < 4.78 is 24.2. The third kappa shape index (κ3) is 4.05. The molecule has 2 heterocycles. The van der Waals surface area contributed by atoms with Gasteiger partial charge in [-0.25, -0.2) is 4.39 Å². The fourth-order valence-electron chi connectivity index (χ4n) is 2.56. The molecule has 8 heteroatoms. The van der Waals surface area contributed by atoms with Crippen LogP contribution in [0.25, 0.3) is 11.0 Å². The molecule has 0 aliphatic rings. The SMILES string of the molecule is Cc1oc2ccc(OCc3ccc(F)cn3)cc2c1C(=O)NC(C)C(N)=O. The summed E-state index contributed by atoms with van der Waals surface area (Å²) in [4.78, 5) is 27.6. The first-order valence-corrected chi connectivity index (χ1v) is 8.21. The predicted molar refractivity (Wildman–Crippen MR) is 95.6 cm³/mol. The maximum absolute atomic E-state index is 12.9. The number of ether oxygens (including phenoxy) is 1. The Kier molecular flexibility index (Phi) is 5.07. The Labute approximate surface area is 154 Å². The standard InChI is InChI=1S/C19H18FN3O4/c1-10(18(21)24)23-19(25)17-11(2)27-16-6-5-14(7-15(16)17)26-9-13-4-3-12(20)8-22-13/h3-8,10H,9H2,1-2H3,(H2,21,24)(H,23,25). The maximum atomic E-state index is 12.9. The van der Waals surface area contributed by atoms with Gasteiger partial charge in [0, 0.05) is 5.39 Å². The minimum Gasteiger partial charge on any atom is -0.487 e. The first-order chi connectivity index (χ1) is 12.8. The molecule has 1 unspecified atom stereocenters. The van der Waals surface area contributed by atoms with Crippen LogP contribution in [0.5, 0.6) is 5.75 Å². The summed E-state index contributed by atoms with van der Waals surface area (Å²) in [5, 5.41) is 3.08. The van der Waals surface area contributed by atoms with Crippen LogP contribution in [0, 0.1) is 12.7 Å². The zero-order valence-corrected chi connectivity index (χ0v) is 14.8. The number of nitrogens with zero attached hydrogens (tertiary/aromatic N) is 1. The number of primary amides is 1. The van der Waals surface area contributed by atoms with E-state index in [-0.39, 0.29) is 6.61 Å². The normalized spacial score (nSPS) is 12.0. The summed E-state index contributed by atoms with van der Waals surface area (Å²) in [7, 11) is 0. The van der Waals surface area contributed by atoms with Crippen molar-refractivity contribution in [1.29, 1.82) is 0 Å². The number of aromatic nitrogens is 1. The third-order valence-electron chi connectivity index (χ3n) is 4.01. The molecule has 3 rings (SSSR count). The van der Waals surface area contributed by atoms with Gasteiger partial charge in [-0.05, 0) is 44.2 Å². The summed E-state index contributed by atoms with van der Waals surface area (Å²) in [5.41, 5.74) is 6.57. The fraction of sp³-hybridized carbons (Fsp3) is 0.211. The van der Waals surface area contributed by atoms with E-state index in [9.17, 15) is 14.0 Å². The smallest absolute Gasteiger partial charge is 0.256 e. The molecule has 1 aromatic carbocycles. The van der Waals surface area contributed by atoms with Crippen molar-refractivity contribution in [1.82, 2.24) is 10.3 Å². The lowest BCUT2D eigenvalue weighted by Crippen LogP contribution is -2.42. The van der Waals surface area contributed by atoms with Crippen molar-refractivity contribution in [3.63, 3.8) is 0 Å². The molecule has 2 aromatic heterocycles. The van der Waals surface area contributed by atoms with Gasteiger partial charge in [-0.15, -0.1) is 0 Å². The largest absolute Gasteiger partial charge is 0.487 e. The molecule has 0 fully saturated rings. The average molecular weight is 371 g/mol. The number of rotatable bonds is 6. The Bertz CT molecular complexity index is 998. The van der Waals surface area contributed by atoms with E-state index in [1.165, 1.54) is 19.1 Å². The lowest BCUT2D eigenvalue weighted by atomic mass is 10.1. The highest BCUT2D eigenvalue weighted by Gasteiger charge is 2.21. The van der Waals surface area contributed by atoms with Gasteiger partial charge in [0.15, 0.2) is 0 Å². The summed E-state index contributed by atoms with van der Waals surface area (Å²) >= 11 is 0. The molecule has 0 radical (unpaired) electrons. The molecule has 1 atom stereocenters. The van der Waals surface area contributed by atoms with Crippen LogP contribution in [0.4, 0.5) is 4.39 Å². The number of hydrogen-bond acceptors (Lipinski definition) is 5. The lowest BCUT2D eigenvalue weighted by Gasteiger charge is -2.10. The van der Waals surface area contributed by atoms with Crippen molar-refractivity contribution in [3.05, 3.63) is 59.4 Å². The third-order valence-corrected chi connectivity index (χ3v) is 4.01. The molecule has 3 N–H and O–H groups in total. The van der Waals surface area contributed by atoms with E-state index in [4.69, 9.17) is 14.9 Å². The second kappa shape index (κ2) is 7.45. The zero-order valence-electron chi connectivity index (χ0n) is 14.8. The number of amides is 2. The molecule has 2 amide bonds. The maximum Gasteiger partial charge on any atom is 0.256 e. The molecule has 0 aliphatic heterocycles. The van der Waals surface area contributed by atoms with Gasteiger partial charge in [-0.3, -0.25) is 14.6 Å². The topological polar surface area (TPSA) is 107 Å². The number of pyridine rings is 1. The first-order valence-electron chi connectivity index (χ1n) is 8.21. The molecular weight excluding hydrogens is 353 g/mol. The van der Waals surface area contributed by atoms with Crippen molar-refractivity contribution in [2.75, 3.05) is 0 Å². The summed E-state index contributed by atoms with van der Waals surface area (Å²) in [5.74, 6) is -0.614. The molecule has 0 saturated carbocycles. The Balaban J connectivity index is 1.84. The summed E-state index contributed by atoms with van der Waals surface area (Å²) in [6, 6.07) is 7.06. The van der Waals surface area contributed by atoms with E-state index >= 15 is 0 Å². The minimum atomic E-state index is -0.814. The van der Waals surface area contributed by atoms with Crippen molar-refractivity contribution in [3.8, 4) is 5.75 Å². The molecule has 140 valence electrons. The molecule has 3 aromatic rings. The second-order valence-corrected chi connectivity index (χ2v) is 6.05. The Morgan fingerprint density at radius 3 is 2.78 bits per heavy atom. The Morgan fingerprint density at radius 1 is 1.33 bits per heavy atom. The highest BCUT2D eigenvalue weighted by atomic mass is 19.1. The number of furan rings is 1. The number of halogens is 1. The predicted octanol–water partition coefficient (Wildman–Crippen LogP) is 2.46. The van der Waals surface area contributed by atoms with Gasteiger partial charge in [-0.1, -0.05) is 0 Å². The number of hydrogen-bond donors (Lipinski definition) is 2. The van der Waals surface area contributed by atoms with Crippen LogP contribution in [-0.2, 0) is 11.4 Å².